The van der Waals surface area contributed by atoms with Crippen molar-refractivity contribution in [1.29, 1.82) is 10.5 Å². The molecule has 6 nitrogen and oxygen atoms in total. The van der Waals surface area contributed by atoms with Crippen LogP contribution in [-0.4, -0.2) is 18.3 Å². The smallest absolute Gasteiger partial charge is 0.104 e. The van der Waals surface area contributed by atoms with Gasteiger partial charge in [0.25, 0.3) is 0 Å². The molecular weight excluding hydrogens is 1250 g/mol. The summed E-state index contributed by atoms with van der Waals surface area (Å²) in [5.74, 6) is 0. The van der Waals surface area contributed by atoms with Crippen LogP contribution in [0.25, 0.3) is 195 Å². The van der Waals surface area contributed by atoms with Crippen molar-refractivity contribution in [1.82, 2.24) is 18.3 Å². The number of fused-ring (bicyclic) bond motifs is 20. The zero-order valence-electron chi connectivity index (χ0n) is 53.5. The predicted molar refractivity (Wildman–Crippen MR) is 421 cm³/mol. The van der Waals surface area contributed by atoms with Crippen LogP contribution in [0.5, 0.6) is 0 Å². The van der Waals surface area contributed by atoms with Crippen LogP contribution in [-0.2, 0) is 0 Å². The molecule has 21 rings (SSSR count). The molecule has 0 fully saturated rings. The van der Waals surface area contributed by atoms with E-state index in [0.717, 1.165) is 172 Å². The number of hydrogen-bond acceptors (Lipinski definition) is 4. The van der Waals surface area contributed by atoms with Gasteiger partial charge in [-0.3, -0.25) is 0 Å². The van der Waals surface area contributed by atoms with Crippen LogP contribution in [0, 0.1) is 22.7 Å². The fourth-order valence-electron chi connectivity index (χ4n) is 16.9. The summed E-state index contributed by atoms with van der Waals surface area (Å²) in [4.78, 5) is 0. The first kappa shape index (κ1) is 56.1. The van der Waals surface area contributed by atoms with E-state index in [0.29, 0.717) is 33.9 Å². The van der Waals surface area contributed by atoms with E-state index in [2.05, 4.69) is 346 Å². The molecule has 0 bridgehead atoms. The van der Waals surface area contributed by atoms with Crippen molar-refractivity contribution in [3.63, 3.8) is 0 Å². The maximum Gasteiger partial charge on any atom is 0.104 e. The predicted octanol–water partition coefficient (Wildman–Crippen LogP) is 25.2. The van der Waals surface area contributed by atoms with Crippen molar-refractivity contribution in [2.75, 3.05) is 0 Å². The Labute approximate surface area is 581 Å². The number of rotatable bonds is 8. The van der Waals surface area contributed by atoms with Crippen LogP contribution in [0.4, 0.5) is 0 Å². The minimum absolute atomic E-state index is 0.397. The summed E-state index contributed by atoms with van der Waals surface area (Å²) in [7, 11) is 0. The van der Waals surface area contributed by atoms with Crippen LogP contribution in [0.15, 0.2) is 315 Å². The zero-order valence-corrected chi connectivity index (χ0v) is 55.2. The molecule has 0 amide bonds. The second kappa shape index (κ2) is 21.7. The molecule has 0 radical (unpaired) electrons. The third kappa shape index (κ3) is 7.80. The fraction of sp³-hybridized carbons (Fsp3) is 0. The lowest BCUT2D eigenvalue weighted by Gasteiger charge is -2.27. The Balaban J connectivity index is 1.05. The molecule has 0 aliphatic carbocycles. The molecule has 15 aromatic carbocycles. The van der Waals surface area contributed by atoms with E-state index >= 15 is 0 Å². The van der Waals surface area contributed by atoms with Crippen LogP contribution >= 0.6 is 22.7 Å². The summed E-state index contributed by atoms with van der Waals surface area (Å²) in [6, 6.07) is 119. The lowest BCUT2D eigenvalue weighted by molar-refractivity contribution is 1.03. The first-order valence-corrected chi connectivity index (χ1v) is 35.3. The largest absolute Gasteiger partial charge is 0.306 e. The van der Waals surface area contributed by atoms with Gasteiger partial charge in [0.15, 0.2) is 0 Å². The molecule has 0 unspecified atom stereocenters. The summed E-state index contributed by atoms with van der Waals surface area (Å²) in [5, 5.41) is 40.0. The highest BCUT2D eigenvalue weighted by Gasteiger charge is 2.36. The van der Waals surface area contributed by atoms with E-state index in [4.69, 9.17) is 0 Å². The van der Waals surface area contributed by atoms with E-state index in [-0.39, 0.29) is 0 Å². The van der Waals surface area contributed by atoms with Gasteiger partial charge in [0.05, 0.1) is 76.3 Å². The summed E-state index contributed by atoms with van der Waals surface area (Å²) in [6.45, 7) is 0. The maximum absolute atomic E-state index is 13.6. The summed E-state index contributed by atoms with van der Waals surface area (Å²) in [6.07, 6.45) is 0. The van der Waals surface area contributed by atoms with Crippen molar-refractivity contribution >= 4 is 150 Å². The van der Waals surface area contributed by atoms with E-state index in [9.17, 15) is 10.5 Å². The molecule has 0 aliphatic rings. The maximum atomic E-state index is 13.6. The number of hydrogen-bond donors (Lipinski definition) is 0. The number of para-hydroxylation sites is 4. The highest BCUT2D eigenvalue weighted by Crippen LogP contribution is 2.54. The molecule has 21 aromatic rings. The van der Waals surface area contributed by atoms with Gasteiger partial charge in [-0.2, -0.15) is 10.5 Å². The Kier molecular flexibility index (Phi) is 12.2. The first-order chi connectivity index (χ1) is 49.6. The van der Waals surface area contributed by atoms with Crippen molar-refractivity contribution in [2.24, 2.45) is 0 Å². The number of benzene rings is 15. The van der Waals surface area contributed by atoms with E-state index < -0.39 is 0 Å². The van der Waals surface area contributed by atoms with E-state index in [1.807, 2.05) is 0 Å². The first-order valence-electron chi connectivity index (χ1n) is 33.7. The molecule has 0 aliphatic heterocycles. The standard InChI is InChI=1S/C92H52N6S2/c93-53-73-86(96-77-43-19-13-35-63(77)64-36-14-20-44-78(64)96)88(98-80-46-24-40-68(60-32-10-8-30-58(60)56-27-5-2-6-28-56)84(80)72-52-50-70-66-38-16-22-48-82(66)100-92(70)90(72)98)74(54-94)85(95-75-41-17-11-33-61(75)62-34-12-18-42-76(62)95)87(73)97-79-45-23-39-67(59-31-9-7-29-57(59)55-25-3-1-4-26-55)83(79)71-51-49-69-65-37-15-21-47-81(65)99-91(69)89(71)97/h1-52H. The van der Waals surface area contributed by atoms with Gasteiger partial charge in [0, 0.05) is 74.0 Å². The average molecular weight is 1310 g/mol. The van der Waals surface area contributed by atoms with Gasteiger partial charge < -0.3 is 18.3 Å². The molecule has 0 N–H and O–H groups in total. The Morgan fingerprint density at radius 3 is 0.890 bits per heavy atom. The fourth-order valence-corrected chi connectivity index (χ4v) is 19.3. The second-order valence-electron chi connectivity index (χ2n) is 25.9. The van der Waals surface area contributed by atoms with Crippen LogP contribution < -0.4 is 0 Å². The molecule has 6 aromatic heterocycles. The van der Waals surface area contributed by atoms with Gasteiger partial charge in [0.1, 0.15) is 23.3 Å². The molecule has 6 heterocycles. The molecular formula is C92H52N6S2. The topological polar surface area (TPSA) is 67.3 Å². The Morgan fingerprint density at radius 1 is 0.220 bits per heavy atom. The minimum Gasteiger partial charge on any atom is -0.306 e. The van der Waals surface area contributed by atoms with Crippen LogP contribution in [0.1, 0.15) is 11.1 Å². The van der Waals surface area contributed by atoms with Crippen molar-refractivity contribution in [3.8, 4) is 79.4 Å². The van der Waals surface area contributed by atoms with Gasteiger partial charge in [-0.1, -0.05) is 267 Å². The van der Waals surface area contributed by atoms with Gasteiger partial charge in [0.2, 0.25) is 0 Å². The average Bonchev–Trinajstić information content (AvgIpc) is 1.46. The van der Waals surface area contributed by atoms with Gasteiger partial charge in [-0.15, -0.1) is 22.7 Å². The van der Waals surface area contributed by atoms with Crippen LogP contribution in [0.2, 0.25) is 0 Å². The molecule has 8 heteroatoms. The van der Waals surface area contributed by atoms with Gasteiger partial charge >= 0.3 is 0 Å². The van der Waals surface area contributed by atoms with E-state index in [1.54, 1.807) is 22.7 Å². The highest BCUT2D eigenvalue weighted by molar-refractivity contribution is 7.27. The number of nitrogens with zero attached hydrogens (tertiary/aromatic N) is 6. The lowest BCUT2D eigenvalue weighted by atomic mass is 9.92. The molecule has 0 saturated carbocycles. The summed E-state index contributed by atoms with van der Waals surface area (Å²) < 4.78 is 13.9. The number of aromatic nitrogens is 4. The Bertz CT molecular complexity index is 6640. The zero-order chi connectivity index (χ0) is 65.8. The normalized spacial score (nSPS) is 12.0. The highest BCUT2D eigenvalue weighted by atomic mass is 32.1. The lowest BCUT2D eigenvalue weighted by Crippen LogP contribution is -2.16. The monoisotopic (exact) mass is 1300 g/mol. The van der Waals surface area contributed by atoms with Gasteiger partial charge in [-0.25, -0.2) is 0 Å². The summed E-state index contributed by atoms with van der Waals surface area (Å²) in [5.41, 5.74) is 19.2. The third-order valence-corrected chi connectivity index (χ3v) is 23.3. The second-order valence-corrected chi connectivity index (χ2v) is 28.0. The summed E-state index contributed by atoms with van der Waals surface area (Å²) >= 11 is 3.55. The SMILES string of the molecule is N#Cc1c(-n2c3ccccc3c3ccccc32)c(-n2c3cccc(-c4ccccc4-c4ccccc4)c3c3ccc4c5ccccc5sc4c32)c(C#N)c(-n2c3ccccc3c3ccccc32)c1-n1c2cccc(-c3ccccc3-c3ccccc3)c2c2ccc3c4ccccc4sc3c21. The number of thiophene rings is 2. The molecule has 0 atom stereocenters. The Morgan fingerprint density at radius 2 is 0.510 bits per heavy atom. The molecule has 462 valence electrons. The van der Waals surface area contributed by atoms with Crippen LogP contribution in [0.3, 0.4) is 0 Å². The molecule has 100 heavy (non-hydrogen) atoms. The van der Waals surface area contributed by atoms with Gasteiger partial charge in [-0.05, 0) is 93.0 Å². The number of nitriles is 2. The van der Waals surface area contributed by atoms with Crippen molar-refractivity contribution in [3.05, 3.63) is 327 Å². The Hall–Kier alpha value is -13.1. The minimum atomic E-state index is 0.397. The third-order valence-electron chi connectivity index (χ3n) is 20.9. The van der Waals surface area contributed by atoms with E-state index in [1.165, 1.54) is 0 Å². The van der Waals surface area contributed by atoms with Crippen molar-refractivity contribution in [2.45, 2.75) is 0 Å². The molecule has 0 spiro atoms. The molecule has 0 saturated heterocycles. The quantitative estimate of drug-likeness (QED) is 0.152. The van der Waals surface area contributed by atoms with Crippen molar-refractivity contribution < 1.29 is 0 Å².